The first kappa shape index (κ1) is 9.87. The smallest absolute Gasteiger partial charge is 0.345 e. The van der Waals surface area contributed by atoms with E-state index in [-0.39, 0.29) is 18.4 Å². The van der Waals surface area contributed by atoms with Crippen LogP contribution in [0.25, 0.3) is 0 Å². The Morgan fingerprint density at radius 3 is 2.85 bits per heavy atom. The lowest BCUT2D eigenvalue weighted by Crippen LogP contribution is -2.35. The van der Waals surface area contributed by atoms with Crippen molar-refractivity contribution in [3.05, 3.63) is 11.3 Å². The first-order valence-electron chi connectivity index (χ1n) is 3.54. The second-order valence-electron chi connectivity index (χ2n) is 2.24. The van der Waals surface area contributed by atoms with Crippen molar-refractivity contribution in [3.63, 3.8) is 0 Å². The van der Waals surface area contributed by atoms with E-state index in [0.29, 0.717) is 15.5 Å². The Kier molecular flexibility index (Phi) is 3.15. The number of thioether (sulfide) groups is 1. The molecule has 0 aliphatic rings. The number of nitrogens with two attached hydrogens (primary N) is 2. The van der Waals surface area contributed by atoms with Crippen LogP contribution in [0.3, 0.4) is 0 Å². The van der Waals surface area contributed by atoms with Crippen molar-refractivity contribution in [3.8, 4) is 0 Å². The third-order valence-corrected chi connectivity index (χ3v) is 2.17. The van der Waals surface area contributed by atoms with Crippen molar-refractivity contribution < 1.29 is 9.84 Å². The van der Waals surface area contributed by atoms with E-state index in [0.717, 1.165) is 0 Å². The fourth-order valence-electron chi connectivity index (χ4n) is 0.732. The molecule has 0 radical (unpaired) electrons. The van der Waals surface area contributed by atoms with Crippen molar-refractivity contribution >= 4 is 23.5 Å². The van der Waals surface area contributed by atoms with Crippen LogP contribution in [0.1, 0.15) is 0 Å². The number of rotatable bonds is 3. The Balaban J connectivity index is 2.86. The molecule has 0 saturated heterocycles. The van der Waals surface area contributed by atoms with Gasteiger partial charge in [0.1, 0.15) is 0 Å². The minimum absolute atomic E-state index is 0.00735. The van der Waals surface area contributed by atoms with E-state index in [4.69, 9.17) is 16.6 Å². The lowest BCUT2D eigenvalue weighted by molar-refractivity contribution is -0.577. The Labute approximate surface area is 79.2 Å². The topological polar surface area (TPSA) is 112 Å². The van der Waals surface area contributed by atoms with Gasteiger partial charge in [-0.15, -0.1) is 4.98 Å². The number of aromatic nitrogens is 2. The summed E-state index contributed by atoms with van der Waals surface area (Å²) in [4.78, 5) is 3.77. The summed E-state index contributed by atoms with van der Waals surface area (Å²) in [6, 6.07) is 1.42. The highest BCUT2D eigenvalue weighted by molar-refractivity contribution is 7.99. The second-order valence-corrected chi connectivity index (χ2v) is 3.36. The van der Waals surface area contributed by atoms with Gasteiger partial charge in [0.15, 0.2) is 10.8 Å². The van der Waals surface area contributed by atoms with Gasteiger partial charge < -0.3 is 21.8 Å². The minimum Gasteiger partial charge on any atom is -0.754 e. The average Bonchev–Trinajstić information content (AvgIpc) is 2.10. The zero-order valence-corrected chi connectivity index (χ0v) is 7.62. The molecule has 0 fully saturated rings. The van der Waals surface area contributed by atoms with Gasteiger partial charge in [-0.3, -0.25) is 0 Å². The molecule has 1 heterocycles. The van der Waals surface area contributed by atoms with E-state index < -0.39 is 0 Å². The van der Waals surface area contributed by atoms with Crippen LogP contribution < -0.4 is 16.2 Å². The van der Waals surface area contributed by atoms with Crippen LogP contribution in [0, 0.1) is 5.21 Å². The molecule has 0 saturated carbocycles. The molecule has 6 nitrogen and oxygen atoms in total. The van der Waals surface area contributed by atoms with E-state index >= 15 is 0 Å². The van der Waals surface area contributed by atoms with Gasteiger partial charge in [-0.25, -0.2) is 4.73 Å². The normalized spacial score (nSPS) is 10.2. The predicted molar refractivity (Wildman–Crippen MR) is 49.8 cm³/mol. The SMILES string of the molecule is Nc1cc(SCCO)nc(N)[n+]1[O-]. The summed E-state index contributed by atoms with van der Waals surface area (Å²) in [5.41, 5.74) is 10.6. The van der Waals surface area contributed by atoms with E-state index in [1.165, 1.54) is 17.8 Å². The molecule has 1 rings (SSSR count). The maximum atomic E-state index is 10.9. The van der Waals surface area contributed by atoms with Gasteiger partial charge in [0.25, 0.3) is 0 Å². The predicted octanol–water partition coefficient (Wildman–Crippen LogP) is -1.04. The number of hydrogen-bond acceptors (Lipinski definition) is 6. The monoisotopic (exact) mass is 202 g/mol. The summed E-state index contributed by atoms with van der Waals surface area (Å²) in [6.45, 7) is 0.0401. The molecule has 0 atom stereocenters. The molecular formula is C6H10N4O2S. The van der Waals surface area contributed by atoms with Gasteiger partial charge in [0.05, 0.1) is 6.61 Å². The van der Waals surface area contributed by atoms with E-state index in [2.05, 4.69) is 4.98 Å². The zero-order valence-electron chi connectivity index (χ0n) is 6.80. The first-order chi connectivity index (χ1) is 6.15. The summed E-state index contributed by atoms with van der Waals surface area (Å²) in [5, 5.41) is 20.0. The molecule has 72 valence electrons. The summed E-state index contributed by atoms with van der Waals surface area (Å²) in [6.07, 6.45) is 0. The summed E-state index contributed by atoms with van der Waals surface area (Å²) < 4.78 is 0.350. The molecular weight excluding hydrogens is 192 g/mol. The first-order valence-corrected chi connectivity index (χ1v) is 4.53. The van der Waals surface area contributed by atoms with Crippen LogP contribution in [0.2, 0.25) is 0 Å². The van der Waals surface area contributed by atoms with Crippen molar-refractivity contribution in [2.75, 3.05) is 23.8 Å². The van der Waals surface area contributed by atoms with Crippen LogP contribution in [0.5, 0.6) is 0 Å². The number of nitrogen functional groups attached to an aromatic ring is 2. The van der Waals surface area contributed by atoms with Gasteiger partial charge in [0.2, 0.25) is 0 Å². The Morgan fingerprint density at radius 1 is 1.62 bits per heavy atom. The summed E-state index contributed by atoms with van der Waals surface area (Å²) in [7, 11) is 0. The maximum absolute atomic E-state index is 10.9. The number of aliphatic hydroxyl groups excluding tert-OH is 1. The highest BCUT2D eigenvalue weighted by Crippen LogP contribution is 2.16. The lowest BCUT2D eigenvalue weighted by atomic mass is 10.6. The maximum Gasteiger partial charge on any atom is 0.345 e. The van der Waals surface area contributed by atoms with Crippen molar-refractivity contribution in [1.29, 1.82) is 0 Å². The molecule has 0 amide bonds. The Hall–Kier alpha value is -1.21. The van der Waals surface area contributed by atoms with Crippen LogP contribution in [0.4, 0.5) is 11.8 Å². The van der Waals surface area contributed by atoms with Crippen LogP contribution in [0.15, 0.2) is 11.1 Å². The number of anilines is 2. The van der Waals surface area contributed by atoms with Crippen molar-refractivity contribution in [2.24, 2.45) is 0 Å². The highest BCUT2D eigenvalue weighted by Gasteiger charge is 2.07. The molecule has 0 spiro atoms. The molecule has 13 heavy (non-hydrogen) atoms. The van der Waals surface area contributed by atoms with Crippen molar-refractivity contribution in [1.82, 2.24) is 4.98 Å². The number of aliphatic hydroxyl groups is 1. The molecule has 0 bridgehead atoms. The fraction of sp³-hybridized carbons (Fsp3) is 0.333. The van der Waals surface area contributed by atoms with Gasteiger partial charge in [-0.2, -0.15) is 0 Å². The van der Waals surface area contributed by atoms with Gasteiger partial charge >= 0.3 is 5.95 Å². The highest BCUT2D eigenvalue weighted by atomic mass is 32.2. The minimum atomic E-state index is -0.180. The fourth-order valence-corrected chi connectivity index (χ4v) is 1.39. The third-order valence-electron chi connectivity index (χ3n) is 1.28. The van der Waals surface area contributed by atoms with E-state index in [1.807, 2.05) is 0 Å². The largest absolute Gasteiger partial charge is 0.754 e. The molecule has 0 unspecified atom stereocenters. The molecule has 5 N–H and O–H groups in total. The average molecular weight is 202 g/mol. The standard InChI is InChI=1S/C6H10N4O2S/c7-4-3-5(13-2-1-11)9-6(8)10(4)12/h3,11H,1-2,7H2,(H2,8,9). The molecule has 0 aliphatic heterocycles. The summed E-state index contributed by atoms with van der Waals surface area (Å²) >= 11 is 1.28. The van der Waals surface area contributed by atoms with E-state index in [9.17, 15) is 5.21 Å². The van der Waals surface area contributed by atoms with Crippen LogP contribution in [-0.4, -0.2) is 22.5 Å². The zero-order chi connectivity index (χ0) is 9.84. The van der Waals surface area contributed by atoms with Crippen molar-refractivity contribution in [2.45, 2.75) is 5.03 Å². The Bertz CT molecular complexity index is 284. The van der Waals surface area contributed by atoms with Gasteiger partial charge in [0, 0.05) is 11.8 Å². The molecule has 1 aromatic heterocycles. The molecule has 1 aromatic rings. The molecule has 0 aliphatic carbocycles. The van der Waals surface area contributed by atoms with E-state index in [1.54, 1.807) is 0 Å². The molecule has 0 aromatic carbocycles. The number of nitrogens with zero attached hydrogens (tertiary/aromatic N) is 2. The van der Waals surface area contributed by atoms with Crippen LogP contribution in [-0.2, 0) is 0 Å². The second kappa shape index (κ2) is 4.15. The lowest BCUT2D eigenvalue weighted by Gasteiger charge is -2.09. The summed E-state index contributed by atoms with van der Waals surface area (Å²) in [5.74, 6) is 0.322. The quantitative estimate of drug-likeness (QED) is 0.250. The van der Waals surface area contributed by atoms with Gasteiger partial charge in [-0.1, -0.05) is 11.8 Å². The molecule has 7 heteroatoms. The van der Waals surface area contributed by atoms with Crippen LogP contribution >= 0.6 is 11.8 Å². The van der Waals surface area contributed by atoms with Gasteiger partial charge in [-0.05, 0) is 0 Å². The third kappa shape index (κ3) is 2.36. The number of hydrogen-bond donors (Lipinski definition) is 3. The Morgan fingerprint density at radius 2 is 2.31 bits per heavy atom.